The van der Waals surface area contributed by atoms with Crippen LogP contribution in [0.2, 0.25) is 10.0 Å². The van der Waals surface area contributed by atoms with Crippen LogP contribution in [0, 0.1) is 5.82 Å². The summed E-state index contributed by atoms with van der Waals surface area (Å²) in [6.07, 6.45) is 3.54. The zero-order chi connectivity index (χ0) is 24.2. The summed E-state index contributed by atoms with van der Waals surface area (Å²) >= 11 is 12.2. The zero-order valence-corrected chi connectivity index (χ0v) is 19.6. The molecule has 1 aromatic heterocycles. The normalized spacial score (nSPS) is 12.9. The minimum atomic E-state index is -0.453. The van der Waals surface area contributed by atoms with Gasteiger partial charge >= 0.3 is 0 Å². The molecular weight excluding hydrogens is 482 g/mol. The summed E-state index contributed by atoms with van der Waals surface area (Å²) in [7, 11) is 0. The van der Waals surface area contributed by atoms with Crippen LogP contribution in [0.25, 0.3) is 0 Å². The van der Waals surface area contributed by atoms with Crippen LogP contribution in [0.5, 0.6) is 0 Å². The van der Waals surface area contributed by atoms with Gasteiger partial charge < -0.3 is 5.32 Å². The van der Waals surface area contributed by atoms with Crippen molar-refractivity contribution in [2.45, 2.75) is 32.2 Å². The Labute approximate surface area is 205 Å². The number of fused-ring (bicyclic) bond motifs is 1. The molecule has 0 radical (unpaired) electrons. The SMILES string of the molecule is O=C(CCCCCN1C(=O)c2ccccc2C1=O)Nc1nn(Cc2c(F)cccc2Cl)cc1Cl. The van der Waals surface area contributed by atoms with Gasteiger partial charge in [0.2, 0.25) is 5.91 Å². The Morgan fingerprint density at radius 2 is 1.65 bits per heavy atom. The molecule has 10 heteroatoms. The minimum Gasteiger partial charge on any atom is -0.308 e. The molecule has 3 aromatic rings. The van der Waals surface area contributed by atoms with E-state index in [2.05, 4.69) is 10.4 Å². The van der Waals surface area contributed by atoms with Crippen molar-refractivity contribution in [2.75, 3.05) is 11.9 Å². The Morgan fingerprint density at radius 3 is 2.32 bits per heavy atom. The average Bonchev–Trinajstić information content (AvgIpc) is 3.27. The molecule has 0 unspecified atom stereocenters. The molecular formula is C24H21Cl2FN4O3. The maximum atomic E-state index is 14.0. The first-order valence-electron chi connectivity index (χ1n) is 10.8. The monoisotopic (exact) mass is 502 g/mol. The number of aromatic nitrogens is 2. The lowest BCUT2D eigenvalue weighted by atomic mass is 10.1. The predicted molar refractivity (Wildman–Crippen MR) is 127 cm³/mol. The lowest BCUT2D eigenvalue weighted by molar-refractivity contribution is -0.116. The third-order valence-corrected chi connectivity index (χ3v) is 6.15. The molecule has 1 aliphatic heterocycles. The fourth-order valence-electron chi connectivity index (χ4n) is 3.78. The summed E-state index contributed by atoms with van der Waals surface area (Å²) in [6, 6.07) is 11.2. The van der Waals surface area contributed by atoms with Gasteiger partial charge in [-0.2, -0.15) is 5.10 Å². The largest absolute Gasteiger partial charge is 0.308 e. The van der Waals surface area contributed by atoms with Gasteiger partial charge in [-0.15, -0.1) is 0 Å². The molecule has 0 spiro atoms. The van der Waals surface area contributed by atoms with E-state index in [-0.39, 0.29) is 52.1 Å². The van der Waals surface area contributed by atoms with Crippen LogP contribution in [0.4, 0.5) is 10.2 Å². The van der Waals surface area contributed by atoms with Crippen molar-refractivity contribution >= 4 is 46.7 Å². The summed E-state index contributed by atoms with van der Waals surface area (Å²) in [4.78, 5) is 38.3. The second kappa shape index (κ2) is 10.4. The van der Waals surface area contributed by atoms with Crippen LogP contribution in [-0.4, -0.2) is 38.9 Å². The van der Waals surface area contributed by atoms with Crippen molar-refractivity contribution in [1.29, 1.82) is 0 Å². The number of nitrogens with one attached hydrogen (secondary N) is 1. The molecule has 1 N–H and O–H groups in total. The molecule has 4 rings (SSSR count). The zero-order valence-electron chi connectivity index (χ0n) is 18.1. The van der Waals surface area contributed by atoms with Crippen LogP contribution in [0.3, 0.4) is 0 Å². The quantitative estimate of drug-likeness (QED) is 0.323. The fraction of sp³-hybridized carbons (Fsp3) is 0.250. The Bertz CT molecular complexity index is 1210. The molecule has 0 saturated carbocycles. The summed E-state index contributed by atoms with van der Waals surface area (Å²) in [6.45, 7) is 0.377. The number of benzene rings is 2. The Balaban J connectivity index is 1.22. The van der Waals surface area contributed by atoms with Crippen molar-refractivity contribution in [1.82, 2.24) is 14.7 Å². The molecule has 7 nitrogen and oxygen atoms in total. The molecule has 0 saturated heterocycles. The molecule has 2 heterocycles. The third kappa shape index (κ3) is 5.13. The number of nitrogens with zero attached hydrogens (tertiary/aromatic N) is 3. The topological polar surface area (TPSA) is 84.3 Å². The first-order chi connectivity index (χ1) is 16.3. The van der Waals surface area contributed by atoms with Gasteiger partial charge in [-0.05, 0) is 37.1 Å². The summed E-state index contributed by atoms with van der Waals surface area (Å²) < 4.78 is 15.4. The summed E-state index contributed by atoms with van der Waals surface area (Å²) in [5, 5.41) is 7.37. The fourth-order valence-corrected chi connectivity index (χ4v) is 4.20. The second-order valence-corrected chi connectivity index (χ2v) is 8.70. The van der Waals surface area contributed by atoms with E-state index in [1.807, 2.05) is 0 Å². The molecule has 176 valence electrons. The van der Waals surface area contributed by atoms with E-state index in [4.69, 9.17) is 23.2 Å². The van der Waals surface area contributed by atoms with Gasteiger partial charge in [0.1, 0.15) is 10.8 Å². The molecule has 0 bridgehead atoms. The predicted octanol–water partition coefficient (Wildman–Crippen LogP) is 5.17. The third-order valence-electron chi connectivity index (χ3n) is 5.52. The molecule has 2 aromatic carbocycles. The molecule has 0 atom stereocenters. The highest BCUT2D eigenvalue weighted by atomic mass is 35.5. The summed E-state index contributed by atoms with van der Waals surface area (Å²) in [5.74, 6) is -1.09. The average molecular weight is 503 g/mol. The molecule has 0 aliphatic carbocycles. The van der Waals surface area contributed by atoms with E-state index >= 15 is 0 Å². The number of amides is 3. The lowest BCUT2D eigenvalue weighted by Gasteiger charge is -2.13. The van der Waals surface area contributed by atoms with E-state index < -0.39 is 5.82 Å². The van der Waals surface area contributed by atoms with Crippen molar-refractivity contribution in [3.63, 3.8) is 0 Å². The number of hydrogen-bond acceptors (Lipinski definition) is 4. The Morgan fingerprint density at radius 1 is 0.941 bits per heavy atom. The van der Waals surface area contributed by atoms with Gasteiger partial charge in [-0.1, -0.05) is 47.8 Å². The number of carbonyl (C=O) groups is 3. The summed E-state index contributed by atoms with van der Waals surface area (Å²) in [5.41, 5.74) is 1.14. The van der Waals surface area contributed by atoms with Crippen LogP contribution >= 0.6 is 23.2 Å². The first-order valence-corrected chi connectivity index (χ1v) is 11.5. The number of imide groups is 1. The molecule has 34 heavy (non-hydrogen) atoms. The lowest BCUT2D eigenvalue weighted by Crippen LogP contribution is -2.30. The van der Waals surface area contributed by atoms with Crippen molar-refractivity contribution in [2.24, 2.45) is 0 Å². The molecule has 3 amide bonds. The molecule has 1 aliphatic rings. The van der Waals surface area contributed by atoms with Gasteiger partial charge in [-0.3, -0.25) is 24.0 Å². The Kier molecular flexibility index (Phi) is 7.29. The molecule has 0 fully saturated rings. The van der Waals surface area contributed by atoms with E-state index in [0.717, 1.165) is 0 Å². The van der Waals surface area contributed by atoms with Crippen LogP contribution in [0.15, 0.2) is 48.7 Å². The van der Waals surface area contributed by atoms with Crippen molar-refractivity contribution in [3.05, 3.63) is 81.2 Å². The van der Waals surface area contributed by atoms with Crippen molar-refractivity contribution in [3.8, 4) is 0 Å². The van der Waals surface area contributed by atoms with Gasteiger partial charge in [0.15, 0.2) is 5.82 Å². The Hall–Kier alpha value is -3.23. The number of rotatable bonds is 9. The smallest absolute Gasteiger partial charge is 0.261 e. The van der Waals surface area contributed by atoms with Crippen LogP contribution in [-0.2, 0) is 11.3 Å². The highest BCUT2D eigenvalue weighted by molar-refractivity contribution is 6.33. The number of carbonyl (C=O) groups excluding carboxylic acids is 3. The van der Waals surface area contributed by atoms with E-state index in [1.165, 1.54) is 27.9 Å². The number of anilines is 1. The van der Waals surface area contributed by atoms with E-state index in [0.29, 0.717) is 36.9 Å². The highest BCUT2D eigenvalue weighted by Gasteiger charge is 2.34. The van der Waals surface area contributed by atoms with Gasteiger partial charge in [0.05, 0.1) is 17.7 Å². The standard InChI is InChI=1S/C24H21Cl2FN4O3/c25-18-9-6-10-20(27)17(18)13-30-14-19(26)22(29-30)28-21(32)11-2-1-5-12-31-23(33)15-7-3-4-8-16(15)24(31)34/h3-4,6-10,14H,1-2,5,11-13H2,(H,28,29,32). The number of unbranched alkanes of at least 4 members (excludes halogenated alkanes) is 2. The second-order valence-electron chi connectivity index (χ2n) is 7.89. The minimum absolute atomic E-state index is 0.0684. The maximum absolute atomic E-state index is 14.0. The van der Waals surface area contributed by atoms with Gasteiger partial charge in [0, 0.05) is 29.7 Å². The maximum Gasteiger partial charge on any atom is 0.261 e. The van der Waals surface area contributed by atoms with Crippen LogP contribution < -0.4 is 5.32 Å². The number of halogens is 3. The van der Waals surface area contributed by atoms with E-state index in [1.54, 1.807) is 30.3 Å². The van der Waals surface area contributed by atoms with Gasteiger partial charge in [-0.25, -0.2) is 4.39 Å². The highest BCUT2D eigenvalue weighted by Crippen LogP contribution is 2.25. The van der Waals surface area contributed by atoms with E-state index in [9.17, 15) is 18.8 Å². The van der Waals surface area contributed by atoms with Crippen LogP contribution in [0.1, 0.15) is 52.0 Å². The first kappa shape index (κ1) is 23.9. The number of hydrogen-bond donors (Lipinski definition) is 1. The van der Waals surface area contributed by atoms with Crippen molar-refractivity contribution < 1.29 is 18.8 Å². The van der Waals surface area contributed by atoms with Gasteiger partial charge in [0.25, 0.3) is 11.8 Å².